The highest BCUT2D eigenvalue weighted by Gasteiger charge is 2.37. The minimum atomic E-state index is -0.363. The van der Waals surface area contributed by atoms with Crippen LogP contribution in [-0.4, -0.2) is 58.9 Å². The van der Waals surface area contributed by atoms with E-state index >= 15 is 0 Å². The molecule has 0 radical (unpaired) electrons. The maximum absolute atomic E-state index is 12.7. The number of imide groups is 1. The van der Waals surface area contributed by atoms with Gasteiger partial charge in [-0.25, -0.2) is 9.78 Å². The Morgan fingerprint density at radius 2 is 1.51 bits per heavy atom. The summed E-state index contributed by atoms with van der Waals surface area (Å²) in [4.78, 5) is 44.9. The van der Waals surface area contributed by atoms with Gasteiger partial charge in [0.05, 0.1) is 6.61 Å². The van der Waals surface area contributed by atoms with Crippen molar-refractivity contribution in [3.05, 3.63) is 78.0 Å². The molecule has 0 unspecified atom stereocenters. The maximum Gasteiger partial charge on any atom is 0.415 e. The lowest BCUT2D eigenvalue weighted by molar-refractivity contribution is -0.152. The number of likely N-dealkylation sites (tertiary alicyclic amines) is 2. The number of hydrogen-bond donors (Lipinski definition) is 0. The second-order valence-corrected chi connectivity index (χ2v) is 12.2. The summed E-state index contributed by atoms with van der Waals surface area (Å²) in [6, 6.07) is 18.5. The summed E-state index contributed by atoms with van der Waals surface area (Å²) >= 11 is 0. The van der Waals surface area contributed by atoms with Crippen LogP contribution in [0.2, 0.25) is 0 Å². The molecule has 0 atom stereocenters. The van der Waals surface area contributed by atoms with Gasteiger partial charge in [0.1, 0.15) is 17.2 Å². The Balaban J connectivity index is 1.01. The van der Waals surface area contributed by atoms with Gasteiger partial charge in [-0.2, -0.15) is 0 Å². The summed E-state index contributed by atoms with van der Waals surface area (Å²) < 4.78 is 17.4. The van der Waals surface area contributed by atoms with E-state index in [1.54, 1.807) is 23.2 Å². The van der Waals surface area contributed by atoms with Gasteiger partial charge in [-0.05, 0) is 85.0 Å². The number of aromatic nitrogens is 1. The van der Waals surface area contributed by atoms with Crippen molar-refractivity contribution in [3.63, 3.8) is 0 Å². The van der Waals surface area contributed by atoms with Gasteiger partial charge in [-0.3, -0.25) is 14.5 Å². The van der Waals surface area contributed by atoms with Crippen LogP contribution in [0.5, 0.6) is 23.1 Å². The Morgan fingerprint density at radius 1 is 0.884 bits per heavy atom. The minimum Gasteiger partial charge on any atom is -0.493 e. The van der Waals surface area contributed by atoms with Crippen molar-refractivity contribution in [1.82, 2.24) is 14.8 Å². The third-order valence-corrected chi connectivity index (χ3v) is 7.90. The van der Waals surface area contributed by atoms with Gasteiger partial charge in [0.2, 0.25) is 17.7 Å². The van der Waals surface area contributed by atoms with E-state index in [4.69, 9.17) is 14.2 Å². The number of carbonyl (C=O) groups is 3. The highest BCUT2D eigenvalue weighted by atomic mass is 16.6. The highest BCUT2D eigenvalue weighted by molar-refractivity contribution is 5.98. The quantitative estimate of drug-likeness (QED) is 0.276. The first-order valence-electron chi connectivity index (χ1n) is 14.9. The molecule has 3 amide bonds. The van der Waals surface area contributed by atoms with E-state index in [0.29, 0.717) is 68.8 Å². The number of carbonyl (C=O) groups excluding carboxylic acids is 3. The highest BCUT2D eigenvalue weighted by Crippen LogP contribution is 2.31. The molecule has 0 aliphatic carbocycles. The van der Waals surface area contributed by atoms with Crippen molar-refractivity contribution in [2.75, 3.05) is 26.2 Å². The van der Waals surface area contributed by atoms with E-state index in [9.17, 15) is 14.4 Å². The largest absolute Gasteiger partial charge is 0.493 e. The first kappa shape index (κ1) is 30.1. The number of piperidine rings is 2. The average molecular weight is 586 g/mol. The van der Waals surface area contributed by atoms with Crippen molar-refractivity contribution in [2.45, 2.75) is 52.9 Å². The van der Waals surface area contributed by atoms with Gasteiger partial charge in [0, 0.05) is 44.7 Å². The second kappa shape index (κ2) is 13.3. The average Bonchev–Trinajstić information content (AvgIpc) is 2.98. The fourth-order valence-corrected chi connectivity index (χ4v) is 5.33. The number of nitrogens with zero attached hydrogens (tertiary/aromatic N) is 3. The van der Waals surface area contributed by atoms with Gasteiger partial charge in [-0.1, -0.05) is 32.0 Å². The zero-order valence-electron chi connectivity index (χ0n) is 25.1. The molecule has 9 heteroatoms. The fourth-order valence-electron chi connectivity index (χ4n) is 5.33. The molecule has 0 bridgehead atoms. The number of aryl methyl sites for hydroxylation is 1. The van der Waals surface area contributed by atoms with E-state index in [0.717, 1.165) is 29.7 Å². The smallest absolute Gasteiger partial charge is 0.415 e. The minimum absolute atomic E-state index is 0.113. The normalized spacial score (nSPS) is 17.1. The molecule has 9 nitrogen and oxygen atoms in total. The Hall–Kier alpha value is -4.40. The van der Waals surface area contributed by atoms with E-state index in [1.165, 1.54) is 4.90 Å². The molecule has 3 heterocycles. The summed E-state index contributed by atoms with van der Waals surface area (Å²) in [5.74, 6) is 2.60. The zero-order chi connectivity index (χ0) is 30.4. The van der Waals surface area contributed by atoms with Crippen LogP contribution in [0.1, 0.15) is 50.7 Å². The van der Waals surface area contributed by atoms with Gasteiger partial charge in [0.25, 0.3) is 0 Å². The van der Waals surface area contributed by atoms with E-state index in [2.05, 4.69) is 4.98 Å². The Morgan fingerprint density at radius 3 is 2.14 bits per heavy atom. The standard InChI is InChI=1S/C34H39N3O6/c1-24-4-13-30(35-22-24)42-28-11-9-27(10-12-28)41-23-26-14-17-36(18-15-26)33(40)43-29-7-5-25(6-8-29)16-19-37-31(38)20-34(2,3)21-32(37)39/h4-13,22,26H,14-21,23H2,1-3H3. The van der Waals surface area contributed by atoms with Crippen LogP contribution < -0.4 is 14.2 Å². The molecule has 5 rings (SSSR count). The summed E-state index contributed by atoms with van der Waals surface area (Å²) in [6.07, 6.45) is 4.40. The van der Waals surface area contributed by atoms with Crippen molar-refractivity contribution in [2.24, 2.45) is 11.3 Å². The number of ether oxygens (including phenoxy) is 3. The molecule has 1 aromatic heterocycles. The molecule has 2 fully saturated rings. The number of pyridine rings is 1. The lowest BCUT2D eigenvalue weighted by Gasteiger charge is -2.34. The topological polar surface area (TPSA) is 98.3 Å². The molecular weight excluding hydrogens is 546 g/mol. The Kier molecular flexibility index (Phi) is 9.28. The number of benzene rings is 2. The molecule has 0 spiro atoms. The van der Waals surface area contributed by atoms with E-state index in [-0.39, 0.29) is 23.3 Å². The Bertz CT molecular complexity index is 1390. The van der Waals surface area contributed by atoms with Crippen molar-refractivity contribution in [1.29, 1.82) is 0 Å². The summed E-state index contributed by atoms with van der Waals surface area (Å²) in [7, 11) is 0. The number of amides is 3. The Labute approximate surface area is 252 Å². The van der Waals surface area contributed by atoms with E-state index < -0.39 is 0 Å². The molecule has 226 valence electrons. The zero-order valence-corrected chi connectivity index (χ0v) is 25.1. The van der Waals surface area contributed by atoms with Gasteiger partial charge < -0.3 is 19.1 Å². The molecule has 0 N–H and O–H groups in total. The molecule has 2 aromatic carbocycles. The van der Waals surface area contributed by atoms with Crippen LogP contribution in [0, 0.1) is 18.3 Å². The second-order valence-electron chi connectivity index (χ2n) is 12.2. The van der Waals surface area contributed by atoms with E-state index in [1.807, 2.05) is 69.3 Å². The predicted octanol–water partition coefficient (Wildman–Crippen LogP) is 6.19. The molecular formula is C34H39N3O6. The van der Waals surface area contributed by atoms with Crippen LogP contribution in [-0.2, 0) is 16.0 Å². The molecule has 0 saturated carbocycles. The van der Waals surface area contributed by atoms with Crippen LogP contribution in [0.25, 0.3) is 0 Å². The maximum atomic E-state index is 12.7. The third-order valence-electron chi connectivity index (χ3n) is 7.90. The van der Waals surface area contributed by atoms with Gasteiger partial charge in [-0.15, -0.1) is 0 Å². The lowest BCUT2D eigenvalue weighted by Crippen LogP contribution is -2.46. The van der Waals surface area contributed by atoms with Crippen molar-refractivity contribution < 1.29 is 28.6 Å². The first-order chi connectivity index (χ1) is 20.6. The van der Waals surface area contributed by atoms with Crippen LogP contribution in [0.15, 0.2) is 66.9 Å². The molecule has 2 aliphatic rings. The van der Waals surface area contributed by atoms with Crippen LogP contribution in [0.3, 0.4) is 0 Å². The van der Waals surface area contributed by atoms with Crippen molar-refractivity contribution >= 4 is 17.9 Å². The van der Waals surface area contributed by atoms with Gasteiger partial charge in [0.15, 0.2) is 0 Å². The number of hydrogen-bond acceptors (Lipinski definition) is 7. The molecule has 2 saturated heterocycles. The third kappa shape index (κ3) is 8.34. The van der Waals surface area contributed by atoms with Gasteiger partial charge >= 0.3 is 6.09 Å². The lowest BCUT2D eigenvalue weighted by atomic mass is 9.81. The fraction of sp³-hybridized carbons (Fsp3) is 0.412. The summed E-state index contributed by atoms with van der Waals surface area (Å²) in [5, 5.41) is 0. The molecule has 3 aromatic rings. The summed E-state index contributed by atoms with van der Waals surface area (Å²) in [6.45, 7) is 8.02. The monoisotopic (exact) mass is 585 g/mol. The predicted molar refractivity (Wildman–Crippen MR) is 161 cm³/mol. The van der Waals surface area contributed by atoms with Crippen LogP contribution in [0.4, 0.5) is 4.79 Å². The van der Waals surface area contributed by atoms with Crippen molar-refractivity contribution in [3.8, 4) is 23.1 Å². The van der Waals surface area contributed by atoms with Crippen LogP contribution >= 0.6 is 0 Å². The first-order valence-corrected chi connectivity index (χ1v) is 14.9. The number of rotatable bonds is 9. The molecule has 2 aliphatic heterocycles. The SMILES string of the molecule is Cc1ccc(Oc2ccc(OCC3CCN(C(=O)Oc4ccc(CCN5C(=O)CC(C)(C)CC5=O)cc4)CC3)cc2)nc1. The molecule has 43 heavy (non-hydrogen) atoms. The summed E-state index contributed by atoms with van der Waals surface area (Å²) in [5.41, 5.74) is 1.77.